The standard InChI is InChI=1S/C15H14O5/c1-6-7(2)15(17)20-12-9(6)5-10-11(16)8(3)19-13(10)14(12)18-4/h5,16H,1-4H3. The molecule has 0 aliphatic carbocycles. The number of ether oxygens (including phenoxy) is 1. The molecule has 3 rings (SSSR count). The normalized spacial score (nSPS) is 11.4. The first-order chi connectivity index (χ1) is 9.45. The quantitative estimate of drug-likeness (QED) is 0.690. The summed E-state index contributed by atoms with van der Waals surface area (Å²) in [6, 6.07) is 1.75. The highest BCUT2D eigenvalue weighted by Gasteiger charge is 2.21. The zero-order valence-electron chi connectivity index (χ0n) is 11.7. The van der Waals surface area contributed by atoms with Crippen LogP contribution in [0.4, 0.5) is 0 Å². The summed E-state index contributed by atoms with van der Waals surface area (Å²) in [5.41, 5.74) is 1.65. The Kier molecular flexibility index (Phi) is 2.54. The molecule has 0 saturated carbocycles. The molecule has 2 heterocycles. The van der Waals surface area contributed by atoms with Crippen molar-refractivity contribution in [3.63, 3.8) is 0 Å². The van der Waals surface area contributed by atoms with E-state index in [0.29, 0.717) is 33.6 Å². The van der Waals surface area contributed by atoms with Crippen LogP contribution < -0.4 is 10.4 Å². The lowest BCUT2D eigenvalue weighted by Crippen LogP contribution is -2.06. The lowest BCUT2D eigenvalue weighted by Gasteiger charge is -2.08. The van der Waals surface area contributed by atoms with Crippen LogP contribution in [0.15, 0.2) is 19.7 Å². The summed E-state index contributed by atoms with van der Waals surface area (Å²) < 4.78 is 16.2. The number of aryl methyl sites for hydroxylation is 2. The fourth-order valence-electron chi connectivity index (χ4n) is 2.38. The Morgan fingerprint density at radius 1 is 1.05 bits per heavy atom. The van der Waals surface area contributed by atoms with Crippen LogP contribution >= 0.6 is 0 Å². The van der Waals surface area contributed by atoms with Gasteiger partial charge in [0, 0.05) is 10.9 Å². The van der Waals surface area contributed by atoms with Crippen LogP contribution in [-0.4, -0.2) is 12.2 Å². The summed E-state index contributed by atoms with van der Waals surface area (Å²) in [7, 11) is 1.47. The van der Waals surface area contributed by atoms with E-state index in [2.05, 4.69) is 0 Å². The first kappa shape index (κ1) is 12.6. The SMILES string of the molecule is COc1c2oc(=O)c(C)c(C)c2cc2c(O)c(C)oc12. The minimum absolute atomic E-state index is 0.0726. The Hall–Kier alpha value is -2.43. The summed E-state index contributed by atoms with van der Waals surface area (Å²) in [5, 5.41) is 11.3. The Morgan fingerprint density at radius 3 is 2.35 bits per heavy atom. The van der Waals surface area contributed by atoms with Gasteiger partial charge in [-0.05, 0) is 32.4 Å². The molecule has 0 bridgehead atoms. The number of hydrogen-bond donors (Lipinski definition) is 1. The molecular formula is C15H14O5. The predicted molar refractivity (Wildman–Crippen MR) is 74.7 cm³/mol. The summed E-state index contributed by atoms with van der Waals surface area (Å²) in [6.45, 7) is 5.20. The first-order valence-corrected chi connectivity index (χ1v) is 6.18. The molecule has 0 amide bonds. The van der Waals surface area contributed by atoms with Gasteiger partial charge in [0.25, 0.3) is 0 Å². The summed E-state index contributed by atoms with van der Waals surface area (Å²) in [5.74, 6) is 0.787. The van der Waals surface area contributed by atoms with Crippen molar-refractivity contribution >= 4 is 21.9 Å². The molecule has 0 unspecified atom stereocenters. The van der Waals surface area contributed by atoms with Crippen molar-refractivity contribution in [3.8, 4) is 11.5 Å². The third-order valence-electron chi connectivity index (χ3n) is 3.71. The number of aromatic hydroxyl groups is 1. The zero-order chi connectivity index (χ0) is 14.6. The van der Waals surface area contributed by atoms with E-state index in [1.54, 1.807) is 19.9 Å². The largest absolute Gasteiger partial charge is 0.504 e. The molecule has 0 radical (unpaired) electrons. The zero-order valence-corrected chi connectivity index (χ0v) is 11.7. The Labute approximate surface area is 114 Å². The van der Waals surface area contributed by atoms with Crippen LogP contribution in [0.25, 0.3) is 21.9 Å². The van der Waals surface area contributed by atoms with E-state index in [9.17, 15) is 9.90 Å². The third kappa shape index (κ3) is 1.46. The highest BCUT2D eigenvalue weighted by Crippen LogP contribution is 2.42. The second kappa shape index (κ2) is 4.03. The van der Waals surface area contributed by atoms with Crippen LogP contribution in [0.2, 0.25) is 0 Å². The van der Waals surface area contributed by atoms with Gasteiger partial charge in [-0.2, -0.15) is 0 Å². The number of fused-ring (bicyclic) bond motifs is 2. The maximum atomic E-state index is 11.8. The van der Waals surface area contributed by atoms with E-state index in [0.717, 1.165) is 10.9 Å². The van der Waals surface area contributed by atoms with Gasteiger partial charge in [0.2, 0.25) is 5.75 Å². The fraction of sp³-hybridized carbons (Fsp3) is 0.267. The molecule has 0 aliphatic rings. The lowest BCUT2D eigenvalue weighted by molar-refractivity contribution is 0.399. The number of furan rings is 1. The molecule has 0 fully saturated rings. The van der Waals surface area contributed by atoms with Gasteiger partial charge in [-0.15, -0.1) is 0 Å². The molecule has 5 heteroatoms. The van der Waals surface area contributed by atoms with Crippen molar-refractivity contribution in [2.24, 2.45) is 0 Å². The van der Waals surface area contributed by atoms with Gasteiger partial charge in [-0.25, -0.2) is 4.79 Å². The van der Waals surface area contributed by atoms with Crippen LogP contribution in [0.3, 0.4) is 0 Å². The minimum atomic E-state index is -0.403. The average molecular weight is 274 g/mol. The molecule has 0 saturated heterocycles. The molecular weight excluding hydrogens is 260 g/mol. The maximum Gasteiger partial charge on any atom is 0.339 e. The molecule has 0 spiro atoms. The summed E-state index contributed by atoms with van der Waals surface area (Å²) >= 11 is 0. The maximum absolute atomic E-state index is 11.8. The second-order valence-corrected chi connectivity index (χ2v) is 4.81. The van der Waals surface area contributed by atoms with Crippen molar-refractivity contribution in [2.75, 3.05) is 7.11 Å². The minimum Gasteiger partial charge on any atom is -0.504 e. The predicted octanol–water partition coefficient (Wildman–Crippen LogP) is 3.18. The van der Waals surface area contributed by atoms with E-state index in [4.69, 9.17) is 13.6 Å². The molecule has 5 nitrogen and oxygen atoms in total. The van der Waals surface area contributed by atoms with E-state index in [-0.39, 0.29) is 5.75 Å². The van der Waals surface area contributed by atoms with Crippen molar-refractivity contribution < 1.29 is 18.7 Å². The van der Waals surface area contributed by atoms with E-state index in [1.165, 1.54) is 7.11 Å². The average Bonchev–Trinajstić information content (AvgIpc) is 2.70. The van der Waals surface area contributed by atoms with Gasteiger partial charge < -0.3 is 18.7 Å². The van der Waals surface area contributed by atoms with Gasteiger partial charge >= 0.3 is 5.63 Å². The fourth-order valence-corrected chi connectivity index (χ4v) is 2.38. The van der Waals surface area contributed by atoms with Crippen molar-refractivity contribution in [1.29, 1.82) is 0 Å². The van der Waals surface area contributed by atoms with Gasteiger partial charge in [0.05, 0.1) is 12.5 Å². The number of methoxy groups -OCH3 is 1. The summed E-state index contributed by atoms with van der Waals surface area (Å²) in [6.07, 6.45) is 0. The van der Waals surface area contributed by atoms with E-state index < -0.39 is 5.63 Å². The van der Waals surface area contributed by atoms with Gasteiger partial charge in [0.1, 0.15) is 5.76 Å². The van der Waals surface area contributed by atoms with Gasteiger partial charge in [-0.3, -0.25) is 0 Å². The third-order valence-corrected chi connectivity index (χ3v) is 3.71. The van der Waals surface area contributed by atoms with Crippen LogP contribution in [0, 0.1) is 20.8 Å². The number of hydrogen-bond acceptors (Lipinski definition) is 5. The molecule has 0 atom stereocenters. The molecule has 0 aliphatic heterocycles. The molecule has 2 aromatic heterocycles. The molecule has 1 N–H and O–H groups in total. The van der Waals surface area contributed by atoms with Crippen LogP contribution in [0.5, 0.6) is 11.5 Å². The summed E-state index contributed by atoms with van der Waals surface area (Å²) in [4.78, 5) is 11.8. The van der Waals surface area contributed by atoms with E-state index in [1.807, 2.05) is 6.92 Å². The molecule has 104 valence electrons. The molecule has 3 aromatic rings. The van der Waals surface area contributed by atoms with Crippen LogP contribution in [0.1, 0.15) is 16.9 Å². The van der Waals surface area contributed by atoms with Gasteiger partial charge in [-0.1, -0.05) is 0 Å². The van der Waals surface area contributed by atoms with E-state index >= 15 is 0 Å². The van der Waals surface area contributed by atoms with Crippen molar-refractivity contribution in [3.05, 3.63) is 33.4 Å². The Morgan fingerprint density at radius 2 is 1.70 bits per heavy atom. The Balaban J connectivity index is 2.65. The van der Waals surface area contributed by atoms with Gasteiger partial charge in [0.15, 0.2) is 16.9 Å². The number of rotatable bonds is 1. The van der Waals surface area contributed by atoms with Crippen molar-refractivity contribution in [1.82, 2.24) is 0 Å². The number of benzene rings is 1. The lowest BCUT2D eigenvalue weighted by atomic mass is 10.0. The molecule has 1 aromatic carbocycles. The smallest absolute Gasteiger partial charge is 0.339 e. The topological polar surface area (TPSA) is 72.8 Å². The highest BCUT2D eigenvalue weighted by molar-refractivity contribution is 6.04. The Bertz CT molecular complexity index is 898. The first-order valence-electron chi connectivity index (χ1n) is 6.18. The molecule has 20 heavy (non-hydrogen) atoms. The highest BCUT2D eigenvalue weighted by atomic mass is 16.5. The monoisotopic (exact) mass is 274 g/mol. The van der Waals surface area contributed by atoms with Crippen molar-refractivity contribution in [2.45, 2.75) is 20.8 Å². The van der Waals surface area contributed by atoms with Crippen LogP contribution in [-0.2, 0) is 0 Å². The second-order valence-electron chi connectivity index (χ2n) is 4.81.